The minimum Gasteiger partial charge on any atom is -0.493 e. The monoisotopic (exact) mass is 530 g/mol. The number of nitrogens with zero attached hydrogens (tertiary/aromatic N) is 1. The fourth-order valence-electron chi connectivity index (χ4n) is 4.23. The molecule has 9 heteroatoms. The van der Waals surface area contributed by atoms with Gasteiger partial charge in [0.15, 0.2) is 11.5 Å². The first kappa shape index (κ1) is 27.2. The second-order valence-corrected chi connectivity index (χ2v) is 9.20. The SMILES string of the molecule is COc1cc(C2C(C#N)=C(N)Oc3cc(OC(=O)c4ccc(OCC(C)C)cc4)ccc32)cc(OC)c1OC. The van der Waals surface area contributed by atoms with E-state index in [2.05, 4.69) is 19.9 Å². The van der Waals surface area contributed by atoms with Crippen molar-refractivity contribution in [3.63, 3.8) is 0 Å². The summed E-state index contributed by atoms with van der Waals surface area (Å²) in [5, 5.41) is 9.92. The van der Waals surface area contributed by atoms with Crippen LogP contribution in [-0.2, 0) is 0 Å². The molecule has 0 spiro atoms. The Bertz CT molecular complexity index is 1410. The number of hydrogen-bond acceptors (Lipinski definition) is 9. The fraction of sp³-hybridized carbons (Fsp3) is 0.267. The first-order valence-electron chi connectivity index (χ1n) is 12.3. The van der Waals surface area contributed by atoms with Crippen LogP contribution in [0.1, 0.15) is 41.3 Å². The number of hydrogen-bond donors (Lipinski definition) is 1. The van der Waals surface area contributed by atoms with Crippen LogP contribution in [0, 0.1) is 17.2 Å². The molecule has 0 radical (unpaired) electrons. The second kappa shape index (κ2) is 11.7. The molecule has 3 aromatic rings. The summed E-state index contributed by atoms with van der Waals surface area (Å²) >= 11 is 0. The average molecular weight is 531 g/mol. The lowest BCUT2D eigenvalue weighted by atomic mass is 9.83. The van der Waals surface area contributed by atoms with Crippen LogP contribution in [0.25, 0.3) is 0 Å². The molecule has 0 bridgehead atoms. The van der Waals surface area contributed by atoms with E-state index in [9.17, 15) is 10.1 Å². The number of allylic oxidation sites excluding steroid dienone is 1. The van der Waals surface area contributed by atoms with Crippen molar-refractivity contribution in [1.29, 1.82) is 5.26 Å². The van der Waals surface area contributed by atoms with E-state index in [1.54, 1.807) is 54.6 Å². The smallest absolute Gasteiger partial charge is 0.343 e. The molecule has 4 rings (SSSR count). The van der Waals surface area contributed by atoms with Gasteiger partial charge >= 0.3 is 5.97 Å². The number of benzene rings is 3. The lowest BCUT2D eigenvalue weighted by molar-refractivity contribution is 0.0734. The van der Waals surface area contributed by atoms with Gasteiger partial charge in [-0.1, -0.05) is 19.9 Å². The first-order chi connectivity index (χ1) is 18.8. The number of carbonyl (C=O) groups is 1. The van der Waals surface area contributed by atoms with Crippen molar-refractivity contribution in [2.75, 3.05) is 27.9 Å². The van der Waals surface area contributed by atoms with Gasteiger partial charge in [0.1, 0.15) is 28.9 Å². The maximum atomic E-state index is 12.8. The molecule has 0 saturated carbocycles. The number of fused-ring (bicyclic) bond motifs is 1. The van der Waals surface area contributed by atoms with Crippen LogP contribution < -0.4 is 34.2 Å². The third-order valence-corrected chi connectivity index (χ3v) is 6.09. The van der Waals surface area contributed by atoms with Crippen molar-refractivity contribution in [3.05, 3.63) is 82.7 Å². The van der Waals surface area contributed by atoms with Crippen LogP contribution in [0.2, 0.25) is 0 Å². The molecule has 0 amide bonds. The highest BCUT2D eigenvalue weighted by atomic mass is 16.5. The number of nitriles is 1. The van der Waals surface area contributed by atoms with Gasteiger partial charge in [0.05, 0.1) is 39.4 Å². The Labute approximate surface area is 227 Å². The maximum Gasteiger partial charge on any atom is 0.343 e. The number of rotatable bonds is 9. The minimum atomic E-state index is -0.587. The van der Waals surface area contributed by atoms with Gasteiger partial charge in [-0.05, 0) is 53.9 Å². The molecule has 2 N–H and O–H groups in total. The third-order valence-electron chi connectivity index (χ3n) is 6.09. The summed E-state index contributed by atoms with van der Waals surface area (Å²) in [6.07, 6.45) is 0. The Kier molecular flexibility index (Phi) is 8.15. The van der Waals surface area contributed by atoms with Crippen molar-refractivity contribution in [3.8, 4) is 40.6 Å². The summed E-state index contributed by atoms with van der Waals surface area (Å²) in [5.74, 6) is 1.79. The summed E-state index contributed by atoms with van der Waals surface area (Å²) in [4.78, 5) is 12.8. The van der Waals surface area contributed by atoms with Gasteiger partial charge in [0.2, 0.25) is 11.6 Å². The molecular formula is C30H30N2O7. The fourth-order valence-corrected chi connectivity index (χ4v) is 4.23. The molecule has 0 aromatic heterocycles. The van der Waals surface area contributed by atoms with E-state index in [0.717, 1.165) is 0 Å². The number of esters is 1. The first-order valence-corrected chi connectivity index (χ1v) is 12.3. The highest BCUT2D eigenvalue weighted by molar-refractivity contribution is 5.91. The van der Waals surface area contributed by atoms with Gasteiger partial charge in [-0.15, -0.1) is 0 Å². The average Bonchev–Trinajstić information content (AvgIpc) is 2.94. The molecule has 1 aliphatic rings. The van der Waals surface area contributed by atoms with Gasteiger partial charge in [-0.2, -0.15) is 5.26 Å². The Morgan fingerprint density at radius 1 is 0.974 bits per heavy atom. The summed E-state index contributed by atoms with van der Waals surface area (Å²) < 4.78 is 33.5. The van der Waals surface area contributed by atoms with Crippen LogP contribution in [0.4, 0.5) is 0 Å². The van der Waals surface area contributed by atoms with Gasteiger partial charge in [-0.25, -0.2) is 4.79 Å². The highest BCUT2D eigenvalue weighted by Crippen LogP contribution is 2.47. The molecule has 0 saturated heterocycles. The number of methoxy groups -OCH3 is 3. The molecule has 3 aromatic carbocycles. The quantitative estimate of drug-likeness (QED) is 0.294. The van der Waals surface area contributed by atoms with E-state index in [-0.39, 0.29) is 17.2 Å². The van der Waals surface area contributed by atoms with Crippen molar-refractivity contribution < 1.29 is 33.2 Å². The predicted molar refractivity (Wildman–Crippen MR) is 144 cm³/mol. The molecule has 39 heavy (non-hydrogen) atoms. The summed E-state index contributed by atoms with van der Waals surface area (Å²) in [5.41, 5.74) is 8.08. The largest absolute Gasteiger partial charge is 0.493 e. The van der Waals surface area contributed by atoms with Crippen molar-refractivity contribution in [2.24, 2.45) is 11.7 Å². The molecule has 9 nitrogen and oxygen atoms in total. The second-order valence-electron chi connectivity index (χ2n) is 9.20. The van der Waals surface area contributed by atoms with Crippen LogP contribution in [0.3, 0.4) is 0 Å². The standard InChI is InChI=1S/C30H30N2O7/c1-17(2)16-37-20-8-6-18(7-9-20)30(33)38-21-10-11-22-24(14-21)39-29(32)23(15-31)27(22)19-12-25(34-3)28(36-5)26(13-19)35-4/h6-14,17,27H,16,32H2,1-5H3. The number of carbonyl (C=O) groups excluding carboxylic acids is 1. The topological polar surface area (TPSA) is 122 Å². The van der Waals surface area contributed by atoms with Crippen molar-refractivity contribution >= 4 is 5.97 Å². The lowest BCUT2D eigenvalue weighted by Gasteiger charge is -2.27. The number of ether oxygens (including phenoxy) is 6. The van der Waals surface area contributed by atoms with Crippen LogP contribution in [0.5, 0.6) is 34.5 Å². The zero-order valence-corrected chi connectivity index (χ0v) is 22.4. The zero-order valence-electron chi connectivity index (χ0n) is 22.4. The summed E-state index contributed by atoms with van der Waals surface area (Å²) in [6.45, 7) is 4.71. The molecular weight excluding hydrogens is 500 g/mol. The molecule has 0 fully saturated rings. The Balaban J connectivity index is 1.64. The molecule has 1 atom stereocenters. The Morgan fingerprint density at radius 2 is 1.62 bits per heavy atom. The number of nitrogens with two attached hydrogens (primary N) is 1. The van der Waals surface area contributed by atoms with Crippen molar-refractivity contribution in [1.82, 2.24) is 0 Å². The Morgan fingerprint density at radius 3 is 2.18 bits per heavy atom. The normalized spacial score (nSPS) is 14.1. The molecule has 0 aliphatic carbocycles. The van der Waals surface area contributed by atoms with Crippen molar-refractivity contribution in [2.45, 2.75) is 19.8 Å². The molecule has 202 valence electrons. The highest BCUT2D eigenvalue weighted by Gasteiger charge is 2.32. The summed E-state index contributed by atoms with van der Waals surface area (Å²) in [6, 6.07) is 17.4. The summed E-state index contributed by atoms with van der Waals surface area (Å²) in [7, 11) is 4.54. The van der Waals surface area contributed by atoms with Gasteiger partial charge < -0.3 is 34.2 Å². The molecule has 1 unspecified atom stereocenters. The van der Waals surface area contributed by atoms with E-state index in [4.69, 9.17) is 34.2 Å². The van der Waals surface area contributed by atoms with Crippen LogP contribution in [0.15, 0.2) is 66.1 Å². The van der Waals surface area contributed by atoms with Crippen LogP contribution >= 0.6 is 0 Å². The van der Waals surface area contributed by atoms with Gasteiger partial charge in [0.25, 0.3) is 0 Å². The predicted octanol–water partition coefficient (Wildman–Crippen LogP) is 5.18. The zero-order chi connectivity index (χ0) is 28.1. The van der Waals surface area contributed by atoms with E-state index in [1.807, 2.05) is 0 Å². The lowest BCUT2D eigenvalue weighted by Crippen LogP contribution is -2.21. The van der Waals surface area contributed by atoms with E-state index < -0.39 is 11.9 Å². The molecule has 1 aliphatic heterocycles. The van der Waals surface area contributed by atoms with Gasteiger partial charge in [0, 0.05) is 11.6 Å². The van der Waals surface area contributed by atoms with Crippen LogP contribution in [-0.4, -0.2) is 33.9 Å². The van der Waals surface area contributed by atoms with E-state index >= 15 is 0 Å². The van der Waals surface area contributed by atoms with E-state index in [0.29, 0.717) is 58.0 Å². The minimum absolute atomic E-state index is 0.0517. The maximum absolute atomic E-state index is 12.8. The molecule has 1 heterocycles. The Hall–Kier alpha value is -4.84. The third kappa shape index (κ3) is 5.70. The van der Waals surface area contributed by atoms with Gasteiger partial charge in [-0.3, -0.25) is 0 Å². The van der Waals surface area contributed by atoms with E-state index in [1.165, 1.54) is 21.3 Å².